The number of benzene rings is 1. The van der Waals surface area contributed by atoms with Gasteiger partial charge in [-0.05, 0) is 25.6 Å². The molecule has 2 atom stereocenters. The van der Waals surface area contributed by atoms with Crippen molar-refractivity contribution in [3.63, 3.8) is 0 Å². The number of carboxylic acid groups (broad SMARTS) is 1. The van der Waals surface area contributed by atoms with Crippen molar-refractivity contribution < 1.29 is 14.6 Å². The summed E-state index contributed by atoms with van der Waals surface area (Å²) in [5.41, 5.74) is 1.27. The minimum Gasteiger partial charge on any atom is -0.480 e. The fraction of sp³-hybridized carbons (Fsp3) is 0.562. The van der Waals surface area contributed by atoms with Crippen molar-refractivity contribution in [2.45, 2.75) is 19.1 Å². The van der Waals surface area contributed by atoms with Crippen molar-refractivity contribution >= 4 is 21.9 Å². The molecule has 1 N–H and O–H groups in total. The van der Waals surface area contributed by atoms with Gasteiger partial charge in [-0.2, -0.15) is 0 Å². The number of ether oxygens (including phenoxy) is 1. The molecule has 0 aromatic heterocycles. The summed E-state index contributed by atoms with van der Waals surface area (Å²) in [6.45, 7) is 5.25. The van der Waals surface area contributed by atoms with E-state index in [1.807, 2.05) is 13.1 Å². The number of carbonyl (C=O) groups is 1. The number of rotatable bonds is 6. The highest BCUT2D eigenvalue weighted by molar-refractivity contribution is 9.10. The molecule has 5 nitrogen and oxygen atoms in total. The molecular weight excluding hydrogens is 348 g/mol. The highest BCUT2D eigenvalue weighted by atomic mass is 79.9. The smallest absolute Gasteiger partial charge is 0.317 e. The van der Waals surface area contributed by atoms with Gasteiger partial charge >= 0.3 is 5.97 Å². The van der Waals surface area contributed by atoms with Gasteiger partial charge < -0.3 is 9.84 Å². The predicted octanol–water partition coefficient (Wildman–Crippen LogP) is 2.23. The molecule has 0 aliphatic carbocycles. The van der Waals surface area contributed by atoms with Gasteiger partial charge in [0.15, 0.2) is 0 Å². The summed E-state index contributed by atoms with van der Waals surface area (Å²) in [4.78, 5) is 14.9. The van der Waals surface area contributed by atoms with Crippen LogP contribution < -0.4 is 0 Å². The Morgan fingerprint density at radius 3 is 2.95 bits per heavy atom. The van der Waals surface area contributed by atoms with E-state index in [4.69, 9.17) is 9.84 Å². The fourth-order valence-corrected chi connectivity index (χ4v) is 3.47. The monoisotopic (exact) mass is 370 g/mol. The van der Waals surface area contributed by atoms with Crippen molar-refractivity contribution in [3.05, 3.63) is 34.3 Å². The topological polar surface area (TPSA) is 53.0 Å². The SMILES string of the molecule is CC(c1ccccc1Br)N1CCOC(CN(C)CC(=O)O)C1. The quantitative estimate of drug-likeness (QED) is 0.831. The Morgan fingerprint density at radius 1 is 1.55 bits per heavy atom. The van der Waals surface area contributed by atoms with Crippen LogP contribution in [0.15, 0.2) is 28.7 Å². The lowest BCUT2D eigenvalue weighted by molar-refractivity contribution is -0.138. The minimum atomic E-state index is -0.809. The normalized spacial score (nSPS) is 21.0. The van der Waals surface area contributed by atoms with Gasteiger partial charge in [0.2, 0.25) is 0 Å². The molecule has 0 spiro atoms. The molecule has 2 rings (SSSR count). The van der Waals surface area contributed by atoms with Crippen LogP contribution in [0.2, 0.25) is 0 Å². The summed E-state index contributed by atoms with van der Waals surface area (Å²) >= 11 is 3.61. The number of nitrogens with zero attached hydrogens (tertiary/aromatic N) is 2. The lowest BCUT2D eigenvalue weighted by Crippen LogP contribution is -2.48. The van der Waals surface area contributed by atoms with E-state index < -0.39 is 5.97 Å². The summed E-state index contributed by atoms with van der Waals surface area (Å²) in [5, 5.41) is 8.83. The molecular formula is C16H23BrN2O3. The standard InChI is InChI=1S/C16H23BrN2O3/c1-12(14-5-3-4-6-15(14)17)19-7-8-22-13(10-19)9-18(2)11-16(20)21/h3-6,12-13H,7-11H2,1-2H3,(H,20,21). The summed E-state index contributed by atoms with van der Waals surface area (Å²) in [6.07, 6.45) is 0.0445. The van der Waals surface area contributed by atoms with Gasteiger partial charge in [-0.3, -0.25) is 14.6 Å². The second-order valence-electron chi connectivity index (χ2n) is 5.78. The molecule has 6 heteroatoms. The highest BCUT2D eigenvalue weighted by Gasteiger charge is 2.26. The predicted molar refractivity (Wildman–Crippen MR) is 89.0 cm³/mol. The molecule has 122 valence electrons. The zero-order valence-electron chi connectivity index (χ0n) is 13.0. The number of hydrogen-bond acceptors (Lipinski definition) is 4. The van der Waals surface area contributed by atoms with E-state index in [0.29, 0.717) is 19.2 Å². The van der Waals surface area contributed by atoms with Gasteiger partial charge in [0.1, 0.15) is 0 Å². The average molecular weight is 371 g/mol. The number of hydrogen-bond donors (Lipinski definition) is 1. The number of aliphatic carboxylic acids is 1. The van der Waals surface area contributed by atoms with Crippen LogP contribution in [0.5, 0.6) is 0 Å². The van der Waals surface area contributed by atoms with E-state index in [-0.39, 0.29) is 12.6 Å². The molecule has 0 amide bonds. The fourth-order valence-electron chi connectivity index (χ4n) is 2.86. The third-order valence-corrected chi connectivity index (χ3v) is 4.72. The lowest BCUT2D eigenvalue weighted by atomic mass is 10.1. The molecule has 1 fully saturated rings. The van der Waals surface area contributed by atoms with Gasteiger partial charge in [-0.25, -0.2) is 0 Å². The van der Waals surface area contributed by atoms with E-state index in [1.54, 1.807) is 4.90 Å². The van der Waals surface area contributed by atoms with Gasteiger partial charge in [0, 0.05) is 30.1 Å². The Bertz CT molecular complexity index is 512. The van der Waals surface area contributed by atoms with E-state index in [2.05, 4.69) is 46.0 Å². The maximum Gasteiger partial charge on any atom is 0.317 e. The van der Waals surface area contributed by atoms with Crippen LogP contribution in [-0.2, 0) is 9.53 Å². The van der Waals surface area contributed by atoms with E-state index in [0.717, 1.165) is 17.6 Å². The van der Waals surface area contributed by atoms with Crippen molar-refractivity contribution in [1.82, 2.24) is 9.80 Å². The molecule has 1 saturated heterocycles. The third kappa shape index (κ3) is 4.78. The van der Waals surface area contributed by atoms with Crippen molar-refractivity contribution in [1.29, 1.82) is 0 Å². The Balaban J connectivity index is 1.95. The van der Waals surface area contributed by atoms with Gasteiger partial charge in [-0.15, -0.1) is 0 Å². The Morgan fingerprint density at radius 2 is 2.27 bits per heavy atom. The van der Waals surface area contributed by atoms with Crippen LogP contribution >= 0.6 is 15.9 Å². The second kappa shape index (κ2) is 8.06. The number of carboxylic acids is 1. The van der Waals surface area contributed by atoms with Gasteiger partial charge in [-0.1, -0.05) is 34.1 Å². The first-order chi connectivity index (χ1) is 10.5. The Hall–Kier alpha value is -0.950. The van der Waals surface area contributed by atoms with Gasteiger partial charge in [0.25, 0.3) is 0 Å². The van der Waals surface area contributed by atoms with Gasteiger partial charge in [0.05, 0.1) is 19.3 Å². The van der Waals surface area contributed by atoms with Crippen LogP contribution in [0, 0.1) is 0 Å². The van der Waals surface area contributed by atoms with Crippen molar-refractivity contribution in [2.24, 2.45) is 0 Å². The number of likely N-dealkylation sites (N-methyl/N-ethyl adjacent to an activating group) is 1. The molecule has 1 aliphatic heterocycles. The van der Waals surface area contributed by atoms with Crippen LogP contribution in [0.3, 0.4) is 0 Å². The largest absolute Gasteiger partial charge is 0.480 e. The third-order valence-electron chi connectivity index (χ3n) is 3.99. The number of morpholine rings is 1. The molecule has 0 saturated carbocycles. The van der Waals surface area contributed by atoms with E-state index >= 15 is 0 Å². The minimum absolute atomic E-state index is 0.0413. The van der Waals surface area contributed by atoms with E-state index in [1.165, 1.54) is 5.56 Å². The first-order valence-corrected chi connectivity index (χ1v) is 8.27. The summed E-state index contributed by atoms with van der Waals surface area (Å²) in [6, 6.07) is 8.56. The molecule has 22 heavy (non-hydrogen) atoms. The first-order valence-electron chi connectivity index (χ1n) is 7.47. The molecule has 0 bridgehead atoms. The summed E-state index contributed by atoms with van der Waals surface area (Å²) in [7, 11) is 1.81. The van der Waals surface area contributed by atoms with Crippen molar-refractivity contribution in [3.8, 4) is 0 Å². The first kappa shape index (κ1) is 17.4. The maximum absolute atomic E-state index is 10.7. The average Bonchev–Trinajstić information content (AvgIpc) is 2.46. The molecule has 1 heterocycles. The van der Waals surface area contributed by atoms with Crippen molar-refractivity contribution in [2.75, 3.05) is 39.8 Å². The Kier molecular flexibility index (Phi) is 6.37. The molecule has 0 radical (unpaired) electrons. The second-order valence-corrected chi connectivity index (χ2v) is 6.63. The molecule has 2 unspecified atom stereocenters. The summed E-state index contributed by atoms with van der Waals surface area (Å²) < 4.78 is 6.91. The lowest BCUT2D eigenvalue weighted by Gasteiger charge is -2.38. The molecule has 1 aliphatic rings. The number of halogens is 1. The zero-order valence-corrected chi connectivity index (χ0v) is 14.6. The summed E-state index contributed by atoms with van der Waals surface area (Å²) in [5.74, 6) is -0.809. The van der Waals surface area contributed by atoms with Crippen LogP contribution in [0.25, 0.3) is 0 Å². The molecule has 1 aromatic carbocycles. The Labute approximate surface area is 140 Å². The highest BCUT2D eigenvalue weighted by Crippen LogP contribution is 2.28. The zero-order chi connectivity index (χ0) is 16.1. The van der Waals surface area contributed by atoms with Crippen LogP contribution in [0.1, 0.15) is 18.5 Å². The van der Waals surface area contributed by atoms with E-state index in [9.17, 15) is 4.79 Å². The maximum atomic E-state index is 10.7. The van der Waals surface area contributed by atoms with Crippen LogP contribution in [-0.4, -0.2) is 66.8 Å². The molecule has 1 aromatic rings. The van der Waals surface area contributed by atoms with Crippen LogP contribution in [0.4, 0.5) is 0 Å².